The van der Waals surface area contributed by atoms with Crippen molar-refractivity contribution in [2.24, 2.45) is 0 Å². The molecule has 4 aromatic rings. The minimum absolute atomic E-state index is 0.0507. The van der Waals surface area contributed by atoms with Crippen molar-refractivity contribution < 1.29 is 9.50 Å². The number of aryl methyl sites for hydroxylation is 2. The summed E-state index contributed by atoms with van der Waals surface area (Å²) in [7, 11) is 0. The van der Waals surface area contributed by atoms with Gasteiger partial charge in [-0.05, 0) is 74.1 Å². The Kier molecular flexibility index (Phi) is 6.54. The summed E-state index contributed by atoms with van der Waals surface area (Å²) in [6.45, 7) is 6.47. The van der Waals surface area contributed by atoms with Crippen molar-refractivity contribution in [3.63, 3.8) is 0 Å². The zero-order chi connectivity index (χ0) is 24.5. The number of piperidine rings is 1. The average Bonchev–Trinajstić information content (AvgIpc) is 3.22. The topological polar surface area (TPSA) is 57.8 Å². The molecular formula is C28H28FN3O2S. The first-order valence-corrected chi connectivity index (χ1v) is 12.7. The molecule has 0 amide bonds. The van der Waals surface area contributed by atoms with Crippen LogP contribution in [0.4, 0.5) is 4.39 Å². The fourth-order valence-corrected chi connectivity index (χ4v) is 5.80. The number of aromatic hydroxyl groups is 1. The first-order valence-electron chi connectivity index (χ1n) is 11.9. The van der Waals surface area contributed by atoms with Crippen LogP contribution in [0.15, 0.2) is 64.3 Å². The van der Waals surface area contributed by atoms with E-state index in [1.54, 1.807) is 16.5 Å². The van der Waals surface area contributed by atoms with Crippen LogP contribution in [-0.4, -0.2) is 39.0 Å². The first-order chi connectivity index (χ1) is 16.9. The number of hydrogen-bond acceptors (Lipinski definition) is 5. The summed E-state index contributed by atoms with van der Waals surface area (Å²) in [6.07, 6.45) is 2.47. The number of thiazole rings is 1. The van der Waals surface area contributed by atoms with E-state index in [-0.39, 0.29) is 17.1 Å². The van der Waals surface area contributed by atoms with Gasteiger partial charge >= 0.3 is 0 Å². The van der Waals surface area contributed by atoms with Gasteiger partial charge in [0.1, 0.15) is 11.6 Å². The lowest BCUT2D eigenvalue weighted by atomic mass is 9.88. The van der Waals surface area contributed by atoms with Crippen LogP contribution in [0.5, 0.6) is 5.75 Å². The van der Waals surface area contributed by atoms with E-state index in [9.17, 15) is 14.3 Å². The SMILES string of the molecule is Cc1nc2scc(C)n2c(=O)c1CCN1CCC(=C(c2ccc(O)cc2)c2ccc(F)cc2)CC1. The third-order valence-corrected chi connectivity index (χ3v) is 7.76. The molecule has 5 rings (SSSR count). The van der Waals surface area contributed by atoms with Crippen molar-refractivity contribution in [1.29, 1.82) is 0 Å². The number of halogens is 1. The average molecular weight is 490 g/mol. The standard InChI is InChI=1S/C28H28FN3O2S/c1-18-17-35-28-30-19(2)25(27(34)32(18)28)13-16-31-14-11-22(12-15-31)26(20-3-7-23(29)8-4-20)21-5-9-24(33)10-6-21/h3-10,17,33H,11-16H2,1-2H3. The number of benzene rings is 2. The first kappa shape index (κ1) is 23.5. The molecule has 1 fully saturated rings. The predicted octanol–water partition coefficient (Wildman–Crippen LogP) is 5.36. The van der Waals surface area contributed by atoms with E-state index in [4.69, 9.17) is 0 Å². The smallest absolute Gasteiger partial charge is 0.262 e. The second-order valence-electron chi connectivity index (χ2n) is 9.10. The van der Waals surface area contributed by atoms with Crippen molar-refractivity contribution in [3.8, 4) is 5.75 Å². The molecule has 35 heavy (non-hydrogen) atoms. The number of hydrogen-bond donors (Lipinski definition) is 1. The van der Waals surface area contributed by atoms with E-state index in [0.717, 1.165) is 71.1 Å². The number of fused-ring (bicyclic) bond motifs is 1. The van der Waals surface area contributed by atoms with Crippen LogP contribution in [0.3, 0.4) is 0 Å². The summed E-state index contributed by atoms with van der Waals surface area (Å²) < 4.78 is 15.3. The number of rotatable bonds is 5. The van der Waals surface area contributed by atoms with E-state index in [1.807, 2.05) is 43.5 Å². The van der Waals surface area contributed by atoms with Gasteiger partial charge in [-0.3, -0.25) is 9.20 Å². The fraction of sp³-hybridized carbons (Fsp3) is 0.286. The molecule has 0 unspecified atom stereocenters. The summed E-state index contributed by atoms with van der Waals surface area (Å²) >= 11 is 1.50. The molecule has 180 valence electrons. The quantitative estimate of drug-likeness (QED) is 0.410. The maximum Gasteiger partial charge on any atom is 0.262 e. The van der Waals surface area contributed by atoms with Crippen molar-refractivity contribution in [2.75, 3.05) is 19.6 Å². The Morgan fingerprint density at radius 1 is 1.03 bits per heavy atom. The number of nitrogens with zero attached hydrogens (tertiary/aromatic N) is 3. The summed E-state index contributed by atoms with van der Waals surface area (Å²) in [6, 6.07) is 13.8. The van der Waals surface area contributed by atoms with Gasteiger partial charge in [0.25, 0.3) is 5.56 Å². The number of phenols is 1. The van der Waals surface area contributed by atoms with Crippen LogP contribution in [0.25, 0.3) is 10.5 Å². The molecule has 0 saturated carbocycles. The van der Waals surface area contributed by atoms with E-state index < -0.39 is 0 Å². The van der Waals surface area contributed by atoms with Crippen LogP contribution in [0.2, 0.25) is 0 Å². The highest BCUT2D eigenvalue weighted by Gasteiger charge is 2.20. The monoisotopic (exact) mass is 489 g/mol. The summed E-state index contributed by atoms with van der Waals surface area (Å²) in [5.41, 5.74) is 7.03. The van der Waals surface area contributed by atoms with Gasteiger partial charge in [-0.15, -0.1) is 11.3 Å². The molecule has 3 heterocycles. The zero-order valence-electron chi connectivity index (χ0n) is 19.9. The highest BCUT2D eigenvalue weighted by molar-refractivity contribution is 7.15. The van der Waals surface area contributed by atoms with Crippen molar-refractivity contribution in [3.05, 3.63) is 104 Å². The number of likely N-dealkylation sites (tertiary alicyclic amines) is 1. The van der Waals surface area contributed by atoms with Gasteiger partial charge in [-0.1, -0.05) is 29.8 Å². The Hall–Kier alpha value is -3.29. The second kappa shape index (κ2) is 9.76. The fourth-order valence-electron chi connectivity index (χ4n) is 4.89. The maximum absolute atomic E-state index is 13.6. The molecule has 1 saturated heterocycles. The van der Waals surface area contributed by atoms with Crippen molar-refractivity contribution in [2.45, 2.75) is 33.1 Å². The van der Waals surface area contributed by atoms with Crippen LogP contribution >= 0.6 is 11.3 Å². The van der Waals surface area contributed by atoms with Crippen LogP contribution < -0.4 is 5.56 Å². The highest BCUT2D eigenvalue weighted by Crippen LogP contribution is 2.33. The van der Waals surface area contributed by atoms with Crippen LogP contribution in [0.1, 0.15) is 40.9 Å². The van der Waals surface area contributed by atoms with Gasteiger partial charge < -0.3 is 10.0 Å². The molecule has 1 N–H and O–H groups in total. The second-order valence-corrected chi connectivity index (χ2v) is 9.94. The Labute approximate surface area is 207 Å². The molecule has 2 aromatic heterocycles. The molecule has 0 bridgehead atoms. The summed E-state index contributed by atoms with van der Waals surface area (Å²) in [4.78, 5) is 20.9. The highest BCUT2D eigenvalue weighted by atomic mass is 32.1. The van der Waals surface area contributed by atoms with Gasteiger partial charge in [-0.25, -0.2) is 9.37 Å². The van der Waals surface area contributed by atoms with Gasteiger partial charge in [0, 0.05) is 42.0 Å². The van der Waals surface area contributed by atoms with E-state index >= 15 is 0 Å². The third-order valence-electron chi connectivity index (χ3n) is 6.82. The van der Waals surface area contributed by atoms with Crippen molar-refractivity contribution in [1.82, 2.24) is 14.3 Å². The lowest BCUT2D eigenvalue weighted by molar-refractivity contribution is 0.259. The molecule has 0 atom stereocenters. The number of aromatic nitrogens is 2. The number of phenolic OH excluding ortho intramolecular Hbond substituents is 1. The molecule has 0 radical (unpaired) electrons. The maximum atomic E-state index is 13.6. The van der Waals surface area contributed by atoms with E-state index in [0.29, 0.717) is 6.42 Å². The summed E-state index contributed by atoms with van der Waals surface area (Å²) in [5, 5.41) is 11.7. The molecule has 2 aromatic carbocycles. The molecule has 1 aliphatic rings. The van der Waals surface area contributed by atoms with E-state index in [1.165, 1.54) is 29.0 Å². The molecule has 0 spiro atoms. The van der Waals surface area contributed by atoms with Crippen LogP contribution in [-0.2, 0) is 6.42 Å². The lowest BCUT2D eigenvalue weighted by Crippen LogP contribution is -2.34. The van der Waals surface area contributed by atoms with E-state index in [2.05, 4.69) is 9.88 Å². The molecular weight excluding hydrogens is 461 g/mol. The normalized spacial score (nSPS) is 14.5. The van der Waals surface area contributed by atoms with Gasteiger partial charge in [-0.2, -0.15) is 0 Å². The minimum atomic E-state index is -0.254. The lowest BCUT2D eigenvalue weighted by Gasteiger charge is -2.30. The Balaban J connectivity index is 1.35. The van der Waals surface area contributed by atoms with Gasteiger partial charge in [0.2, 0.25) is 0 Å². The van der Waals surface area contributed by atoms with Gasteiger partial charge in [0.15, 0.2) is 4.96 Å². The van der Waals surface area contributed by atoms with Crippen LogP contribution in [0, 0.1) is 19.7 Å². The molecule has 5 nitrogen and oxygen atoms in total. The molecule has 0 aliphatic carbocycles. The molecule has 1 aliphatic heterocycles. The largest absolute Gasteiger partial charge is 0.508 e. The Morgan fingerprint density at radius 3 is 2.31 bits per heavy atom. The predicted molar refractivity (Wildman–Crippen MR) is 139 cm³/mol. The third kappa shape index (κ3) is 4.79. The van der Waals surface area contributed by atoms with Crippen molar-refractivity contribution >= 4 is 21.9 Å². The molecule has 7 heteroatoms. The Morgan fingerprint density at radius 2 is 1.66 bits per heavy atom. The zero-order valence-corrected chi connectivity index (χ0v) is 20.7. The Bertz CT molecular complexity index is 1400. The van der Waals surface area contributed by atoms with Gasteiger partial charge in [0.05, 0.1) is 0 Å². The summed E-state index contributed by atoms with van der Waals surface area (Å²) in [5.74, 6) is -0.0290. The minimum Gasteiger partial charge on any atom is -0.508 e.